The number of ether oxygens (including phenoxy) is 4. The van der Waals surface area contributed by atoms with Crippen LogP contribution in [0.15, 0.2) is 0 Å². The Morgan fingerprint density at radius 2 is 0.515 bits per heavy atom. The Hall–Kier alpha value is -1.94. The molecule has 0 bridgehead atoms. The number of esters is 4. The first kappa shape index (κ1) is 97.1. The van der Waals surface area contributed by atoms with Crippen LogP contribution in [-0.2, 0) is 65.4 Å². The van der Waals surface area contributed by atoms with Gasteiger partial charge >= 0.3 is 39.5 Å². The van der Waals surface area contributed by atoms with E-state index in [1.807, 2.05) is 0 Å². The van der Waals surface area contributed by atoms with Crippen LogP contribution in [0.1, 0.15) is 420 Å². The molecule has 0 aromatic heterocycles. The third-order valence-electron chi connectivity index (χ3n) is 19.1. The van der Waals surface area contributed by atoms with Gasteiger partial charge in [0.15, 0.2) is 12.2 Å². The van der Waals surface area contributed by atoms with Gasteiger partial charge in [0.05, 0.1) is 26.4 Å². The minimum absolute atomic E-state index is 0.107. The molecular weight excluding hydrogens is 1290 g/mol. The fourth-order valence-corrected chi connectivity index (χ4v) is 13.9. The molecular formula is C80H156O17P2. The smallest absolute Gasteiger partial charge is 0.462 e. The van der Waals surface area contributed by atoms with Crippen LogP contribution in [0.25, 0.3) is 0 Å². The van der Waals surface area contributed by atoms with Crippen molar-refractivity contribution < 1.29 is 80.2 Å². The van der Waals surface area contributed by atoms with E-state index in [1.54, 1.807) is 0 Å². The molecule has 0 heterocycles. The highest BCUT2D eigenvalue weighted by atomic mass is 31.2. The number of hydrogen-bond acceptors (Lipinski definition) is 15. The van der Waals surface area contributed by atoms with E-state index in [4.69, 9.17) is 37.0 Å². The normalized spacial score (nSPS) is 14.2. The molecule has 0 aliphatic rings. The second-order valence-electron chi connectivity index (χ2n) is 29.5. The Labute approximate surface area is 607 Å². The summed E-state index contributed by atoms with van der Waals surface area (Å²) in [5, 5.41) is 10.6. The third kappa shape index (κ3) is 72.8. The molecule has 0 spiro atoms. The van der Waals surface area contributed by atoms with Gasteiger partial charge in [0.25, 0.3) is 0 Å². The van der Waals surface area contributed by atoms with E-state index in [0.29, 0.717) is 25.7 Å². The lowest BCUT2D eigenvalue weighted by Gasteiger charge is -2.21. The van der Waals surface area contributed by atoms with Crippen molar-refractivity contribution in [1.29, 1.82) is 0 Å². The molecule has 0 rings (SSSR count). The van der Waals surface area contributed by atoms with Crippen LogP contribution in [0.5, 0.6) is 0 Å². The Balaban J connectivity index is 5.20. The van der Waals surface area contributed by atoms with Crippen LogP contribution in [0.2, 0.25) is 0 Å². The van der Waals surface area contributed by atoms with Gasteiger partial charge in [-0.3, -0.25) is 37.3 Å². The fourth-order valence-electron chi connectivity index (χ4n) is 12.3. The van der Waals surface area contributed by atoms with Crippen molar-refractivity contribution in [3.63, 3.8) is 0 Å². The monoisotopic (exact) mass is 1450 g/mol. The lowest BCUT2D eigenvalue weighted by molar-refractivity contribution is -0.161. The molecule has 0 aromatic carbocycles. The van der Waals surface area contributed by atoms with Crippen molar-refractivity contribution >= 4 is 39.5 Å². The van der Waals surface area contributed by atoms with Crippen molar-refractivity contribution in [2.75, 3.05) is 39.6 Å². The van der Waals surface area contributed by atoms with Crippen LogP contribution in [-0.4, -0.2) is 96.7 Å². The summed E-state index contributed by atoms with van der Waals surface area (Å²) in [7, 11) is -9.91. The molecule has 99 heavy (non-hydrogen) atoms. The average Bonchev–Trinajstić information content (AvgIpc) is 1.16. The van der Waals surface area contributed by atoms with Crippen LogP contribution >= 0.6 is 15.6 Å². The first-order valence-corrected chi connectivity index (χ1v) is 44.5. The second kappa shape index (κ2) is 71.7. The van der Waals surface area contributed by atoms with Crippen LogP contribution < -0.4 is 0 Å². The molecule has 0 radical (unpaired) electrons. The number of hydrogen-bond donors (Lipinski definition) is 3. The minimum Gasteiger partial charge on any atom is -0.462 e. The maximum atomic E-state index is 13.1. The van der Waals surface area contributed by atoms with Gasteiger partial charge in [0.2, 0.25) is 0 Å². The molecule has 17 nitrogen and oxygen atoms in total. The van der Waals surface area contributed by atoms with E-state index in [2.05, 4.69) is 41.5 Å². The van der Waals surface area contributed by atoms with E-state index >= 15 is 0 Å². The van der Waals surface area contributed by atoms with Gasteiger partial charge < -0.3 is 33.8 Å². The summed E-state index contributed by atoms with van der Waals surface area (Å²) in [6, 6.07) is 0. The zero-order valence-corrected chi connectivity index (χ0v) is 66.6. The van der Waals surface area contributed by atoms with Crippen molar-refractivity contribution in [1.82, 2.24) is 0 Å². The number of carbonyl (C=O) groups is 4. The van der Waals surface area contributed by atoms with Crippen molar-refractivity contribution in [2.24, 2.45) is 11.8 Å². The Morgan fingerprint density at radius 3 is 0.768 bits per heavy atom. The summed E-state index contributed by atoms with van der Waals surface area (Å²) in [5.41, 5.74) is 0. The molecule has 0 aromatic rings. The van der Waals surface area contributed by atoms with E-state index in [0.717, 1.165) is 102 Å². The quantitative estimate of drug-likeness (QED) is 0.0222. The van der Waals surface area contributed by atoms with Crippen LogP contribution in [0.4, 0.5) is 0 Å². The number of phosphoric ester groups is 2. The summed E-state index contributed by atoms with van der Waals surface area (Å²) >= 11 is 0. The number of carbonyl (C=O) groups excluding carboxylic acids is 4. The Bertz CT molecular complexity index is 1910. The third-order valence-corrected chi connectivity index (χ3v) is 21.0. The lowest BCUT2D eigenvalue weighted by Crippen LogP contribution is -2.30. The lowest BCUT2D eigenvalue weighted by atomic mass is 9.99. The number of aliphatic hydroxyl groups is 1. The molecule has 0 fully saturated rings. The van der Waals surface area contributed by atoms with E-state index < -0.39 is 97.5 Å². The number of unbranched alkanes of at least 4 members (excludes halogenated alkanes) is 48. The summed E-state index contributed by atoms with van der Waals surface area (Å²) in [5.74, 6) is -0.456. The average molecular weight is 1450 g/mol. The van der Waals surface area contributed by atoms with E-state index in [1.165, 1.54) is 238 Å². The Morgan fingerprint density at radius 1 is 0.293 bits per heavy atom. The second-order valence-corrected chi connectivity index (χ2v) is 32.4. The summed E-state index contributed by atoms with van der Waals surface area (Å²) in [6.45, 7) is 9.70. The maximum absolute atomic E-state index is 13.1. The first-order valence-electron chi connectivity index (χ1n) is 41.5. The van der Waals surface area contributed by atoms with Gasteiger partial charge in [-0.1, -0.05) is 369 Å². The fraction of sp³-hybridized carbons (Fsp3) is 0.950. The number of phosphoric acid groups is 2. The molecule has 0 amide bonds. The minimum atomic E-state index is -4.96. The van der Waals surface area contributed by atoms with Gasteiger partial charge in [-0.2, -0.15) is 0 Å². The molecule has 588 valence electrons. The molecule has 6 atom stereocenters. The number of rotatable bonds is 79. The van der Waals surface area contributed by atoms with E-state index in [-0.39, 0.29) is 25.7 Å². The van der Waals surface area contributed by atoms with Crippen LogP contribution in [0.3, 0.4) is 0 Å². The van der Waals surface area contributed by atoms with Crippen molar-refractivity contribution in [2.45, 2.75) is 439 Å². The van der Waals surface area contributed by atoms with Crippen LogP contribution in [0, 0.1) is 11.8 Å². The molecule has 3 N–H and O–H groups in total. The molecule has 0 saturated heterocycles. The zero-order valence-electron chi connectivity index (χ0n) is 64.8. The first-order chi connectivity index (χ1) is 47.9. The molecule has 0 aliphatic heterocycles. The van der Waals surface area contributed by atoms with Gasteiger partial charge in [0, 0.05) is 25.7 Å². The van der Waals surface area contributed by atoms with Gasteiger partial charge in [-0.15, -0.1) is 0 Å². The summed E-state index contributed by atoms with van der Waals surface area (Å²) in [6.07, 6.45) is 60.9. The zero-order chi connectivity index (χ0) is 72.8. The molecule has 0 aliphatic carbocycles. The predicted octanol–water partition coefficient (Wildman–Crippen LogP) is 23.9. The molecule has 0 saturated carbocycles. The highest BCUT2D eigenvalue weighted by molar-refractivity contribution is 7.47. The SMILES string of the molecule is CCCCCCCCCCCCCC(=O)OC[C@H](COP(=O)(O)OC[C@H](O)COP(=O)(O)OC[C@@H](COC(=O)CCCCCCCCCCCCCCC(C)C)OC(=O)CCCCCCCCCCCCCCCCCCCCC(C)CC)OC(=O)CCCCCCCCCCCCC. The van der Waals surface area contributed by atoms with Crippen molar-refractivity contribution in [3.8, 4) is 0 Å². The topological polar surface area (TPSA) is 237 Å². The highest BCUT2D eigenvalue weighted by Gasteiger charge is 2.30. The predicted molar refractivity (Wildman–Crippen MR) is 405 cm³/mol. The Kier molecular flexibility index (Phi) is 70.3. The van der Waals surface area contributed by atoms with Gasteiger partial charge in [-0.25, -0.2) is 9.13 Å². The van der Waals surface area contributed by atoms with Gasteiger partial charge in [0.1, 0.15) is 19.3 Å². The number of aliphatic hydroxyl groups excluding tert-OH is 1. The highest BCUT2D eigenvalue weighted by Crippen LogP contribution is 2.45. The van der Waals surface area contributed by atoms with Crippen molar-refractivity contribution in [3.05, 3.63) is 0 Å². The molecule has 19 heteroatoms. The molecule has 3 unspecified atom stereocenters. The summed E-state index contributed by atoms with van der Waals surface area (Å²) < 4.78 is 68.6. The van der Waals surface area contributed by atoms with Gasteiger partial charge in [-0.05, 0) is 37.5 Å². The summed E-state index contributed by atoms with van der Waals surface area (Å²) in [4.78, 5) is 72.9. The maximum Gasteiger partial charge on any atom is 0.472 e. The largest absolute Gasteiger partial charge is 0.472 e. The standard InChI is InChI=1S/C80H156O17P2/c1-7-10-12-14-16-18-30-38-44-50-56-62-77(82)90-68-75(96-79(84)64-58-52-46-40-31-19-17-15-13-11-8-2)70-94-98(86,87)92-66-74(81)67-93-99(88,89)95-71-76(69-91-78(83)63-57-51-45-39-34-29-28-32-36-42-48-54-60-72(4)5)97-80(85)65-59-53-47-41-35-27-25-23-21-20-22-24-26-33-37-43-49-55-61-73(6)9-3/h72-76,81H,7-71H2,1-6H3,(H,86,87)(H,88,89)/t73?,74-,75+,76+/m0/s1. The van der Waals surface area contributed by atoms with E-state index in [9.17, 15) is 43.2 Å².